The van der Waals surface area contributed by atoms with Gasteiger partial charge in [-0.15, -0.1) is 12.4 Å². The van der Waals surface area contributed by atoms with Crippen molar-refractivity contribution in [2.45, 2.75) is 31.4 Å². The first-order chi connectivity index (χ1) is 10.2. The summed E-state index contributed by atoms with van der Waals surface area (Å²) in [4.78, 5) is 24.9. The van der Waals surface area contributed by atoms with Crippen LogP contribution in [0.2, 0.25) is 0 Å². The van der Waals surface area contributed by atoms with Crippen LogP contribution in [0.4, 0.5) is 5.95 Å². The molecule has 2 heterocycles. The fourth-order valence-electron chi connectivity index (χ4n) is 3.39. The number of aromatic nitrogens is 2. The highest BCUT2D eigenvalue weighted by Gasteiger charge is 2.41. The lowest BCUT2D eigenvalue weighted by atomic mass is 9.81. The summed E-state index contributed by atoms with van der Waals surface area (Å²) >= 11 is 0. The number of hydrogen-bond acceptors (Lipinski definition) is 5. The number of morpholine rings is 1. The Kier molecular flexibility index (Phi) is 5.58. The number of fused-ring (bicyclic) bond motifs is 1. The highest BCUT2D eigenvalue weighted by molar-refractivity contribution is 5.85. The Morgan fingerprint density at radius 3 is 2.73 bits per heavy atom. The predicted octanol–water partition coefficient (Wildman–Crippen LogP) is 1.36. The van der Waals surface area contributed by atoms with Crippen molar-refractivity contribution in [3.8, 4) is 0 Å². The zero-order chi connectivity index (χ0) is 14.8. The molecule has 3 atom stereocenters. The second-order valence-electron chi connectivity index (χ2n) is 5.96. The minimum Gasteiger partial charge on any atom is -0.374 e. The van der Waals surface area contributed by atoms with Gasteiger partial charge in [0, 0.05) is 39.0 Å². The molecule has 22 heavy (non-hydrogen) atoms. The first-order valence-corrected chi connectivity index (χ1v) is 7.53. The standard InChI is InChI=1S/C15H22N4O2.ClH/c1-18(2)14(20)11-4-5-13-12(10-11)19(8-9-21-13)15-16-6-3-7-17-15;/h3,6-7,11-13H,4-5,8-10H2,1-2H3;1H/t11-,12+,13+;/m0./s1. The van der Waals surface area contributed by atoms with E-state index in [-0.39, 0.29) is 36.4 Å². The van der Waals surface area contributed by atoms with Gasteiger partial charge in [0.25, 0.3) is 0 Å². The quantitative estimate of drug-likeness (QED) is 0.821. The Labute approximate surface area is 137 Å². The van der Waals surface area contributed by atoms with Crippen molar-refractivity contribution in [1.29, 1.82) is 0 Å². The van der Waals surface area contributed by atoms with Crippen LogP contribution in [0.1, 0.15) is 19.3 Å². The zero-order valence-corrected chi connectivity index (χ0v) is 13.8. The molecule has 1 saturated heterocycles. The van der Waals surface area contributed by atoms with E-state index < -0.39 is 0 Å². The third kappa shape index (κ3) is 3.33. The van der Waals surface area contributed by atoms with Crippen LogP contribution in [0.3, 0.4) is 0 Å². The van der Waals surface area contributed by atoms with Crippen molar-refractivity contribution in [3.63, 3.8) is 0 Å². The molecule has 6 nitrogen and oxygen atoms in total. The van der Waals surface area contributed by atoms with Crippen LogP contribution in [-0.4, -0.2) is 60.2 Å². The molecule has 0 spiro atoms. The average Bonchev–Trinajstić information content (AvgIpc) is 2.53. The van der Waals surface area contributed by atoms with Crippen molar-refractivity contribution in [2.24, 2.45) is 5.92 Å². The molecule has 1 aromatic rings. The zero-order valence-electron chi connectivity index (χ0n) is 13.0. The van der Waals surface area contributed by atoms with Crippen molar-refractivity contribution in [1.82, 2.24) is 14.9 Å². The van der Waals surface area contributed by atoms with Gasteiger partial charge in [-0.25, -0.2) is 9.97 Å². The van der Waals surface area contributed by atoms with Gasteiger partial charge in [-0.3, -0.25) is 4.79 Å². The Morgan fingerprint density at radius 2 is 2.05 bits per heavy atom. The Morgan fingerprint density at radius 1 is 1.32 bits per heavy atom. The maximum absolute atomic E-state index is 12.3. The fourth-order valence-corrected chi connectivity index (χ4v) is 3.39. The summed E-state index contributed by atoms with van der Waals surface area (Å²) < 4.78 is 5.90. The molecule has 3 rings (SSSR count). The van der Waals surface area contributed by atoms with Crippen LogP contribution in [-0.2, 0) is 9.53 Å². The summed E-state index contributed by atoms with van der Waals surface area (Å²) in [5.74, 6) is 1.04. The molecule has 0 radical (unpaired) electrons. The van der Waals surface area contributed by atoms with Crippen LogP contribution in [0, 0.1) is 5.92 Å². The van der Waals surface area contributed by atoms with E-state index in [1.165, 1.54) is 0 Å². The van der Waals surface area contributed by atoms with Gasteiger partial charge in [0.2, 0.25) is 11.9 Å². The van der Waals surface area contributed by atoms with Crippen molar-refractivity contribution in [2.75, 3.05) is 32.1 Å². The van der Waals surface area contributed by atoms with Gasteiger partial charge < -0.3 is 14.5 Å². The third-order valence-corrected chi connectivity index (χ3v) is 4.42. The van der Waals surface area contributed by atoms with Gasteiger partial charge in [0.15, 0.2) is 0 Å². The number of nitrogens with zero attached hydrogens (tertiary/aromatic N) is 4. The van der Waals surface area contributed by atoms with Gasteiger partial charge in [-0.05, 0) is 25.3 Å². The molecule has 7 heteroatoms. The second-order valence-corrected chi connectivity index (χ2v) is 5.96. The SMILES string of the molecule is CN(C)C(=O)[C@H]1CC[C@H]2OCCN(c3ncccn3)[C@@H]2C1.Cl. The largest absolute Gasteiger partial charge is 0.374 e. The van der Waals surface area contributed by atoms with Crippen LogP contribution >= 0.6 is 12.4 Å². The van der Waals surface area contributed by atoms with E-state index in [2.05, 4.69) is 14.9 Å². The van der Waals surface area contributed by atoms with Gasteiger partial charge in [0.05, 0.1) is 18.8 Å². The number of halogens is 1. The predicted molar refractivity (Wildman–Crippen MR) is 86.2 cm³/mol. The number of ether oxygens (including phenoxy) is 1. The molecule has 0 aromatic carbocycles. The summed E-state index contributed by atoms with van der Waals surface area (Å²) in [6.07, 6.45) is 6.37. The first-order valence-electron chi connectivity index (χ1n) is 7.53. The van der Waals surface area contributed by atoms with Crippen molar-refractivity contribution >= 4 is 24.3 Å². The molecule has 1 aliphatic carbocycles. The third-order valence-electron chi connectivity index (χ3n) is 4.42. The highest BCUT2D eigenvalue weighted by Crippen LogP contribution is 2.34. The Balaban J connectivity index is 0.00000176. The number of hydrogen-bond donors (Lipinski definition) is 0. The van der Waals surface area contributed by atoms with Crippen LogP contribution in [0.25, 0.3) is 0 Å². The van der Waals surface area contributed by atoms with E-state index in [4.69, 9.17) is 4.74 Å². The summed E-state index contributed by atoms with van der Waals surface area (Å²) in [6, 6.07) is 2.02. The van der Waals surface area contributed by atoms with Crippen LogP contribution < -0.4 is 4.90 Å². The Hall–Kier alpha value is -1.40. The maximum atomic E-state index is 12.3. The molecule has 0 unspecified atom stereocenters. The molecule has 122 valence electrons. The number of amides is 1. The van der Waals surface area contributed by atoms with E-state index >= 15 is 0 Å². The molecule has 0 bridgehead atoms. The van der Waals surface area contributed by atoms with E-state index in [9.17, 15) is 4.79 Å². The number of anilines is 1. The Bertz CT molecular complexity index is 500. The second kappa shape index (κ2) is 7.24. The molecule has 2 aliphatic rings. The summed E-state index contributed by atoms with van der Waals surface area (Å²) in [5, 5.41) is 0. The number of rotatable bonds is 2. The summed E-state index contributed by atoms with van der Waals surface area (Å²) in [5.41, 5.74) is 0. The van der Waals surface area contributed by atoms with Gasteiger partial charge in [0.1, 0.15) is 0 Å². The lowest BCUT2D eigenvalue weighted by Crippen LogP contribution is -2.56. The van der Waals surface area contributed by atoms with Gasteiger partial charge in [-0.1, -0.05) is 0 Å². The number of carbonyl (C=O) groups excluding carboxylic acids is 1. The van der Waals surface area contributed by atoms with Crippen molar-refractivity contribution < 1.29 is 9.53 Å². The fraction of sp³-hybridized carbons (Fsp3) is 0.667. The minimum atomic E-state index is 0. The smallest absolute Gasteiger partial charge is 0.225 e. The van der Waals surface area contributed by atoms with Gasteiger partial charge >= 0.3 is 0 Å². The summed E-state index contributed by atoms with van der Waals surface area (Å²) in [6.45, 7) is 1.49. The molecule has 1 saturated carbocycles. The molecule has 1 aromatic heterocycles. The molecule has 1 aliphatic heterocycles. The minimum absolute atomic E-state index is 0. The van der Waals surface area contributed by atoms with E-state index in [1.807, 2.05) is 20.2 Å². The lowest BCUT2D eigenvalue weighted by molar-refractivity contribution is -0.135. The van der Waals surface area contributed by atoms with Gasteiger partial charge in [-0.2, -0.15) is 0 Å². The number of carbonyl (C=O) groups is 1. The monoisotopic (exact) mass is 326 g/mol. The molecular weight excluding hydrogens is 304 g/mol. The molecule has 1 amide bonds. The summed E-state index contributed by atoms with van der Waals surface area (Å²) in [7, 11) is 3.65. The molecular formula is C15H23ClN4O2. The normalized spacial score (nSPS) is 27.5. The lowest BCUT2D eigenvalue weighted by Gasteiger charge is -2.45. The highest BCUT2D eigenvalue weighted by atomic mass is 35.5. The topological polar surface area (TPSA) is 58.6 Å². The van der Waals surface area contributed by atoms with Crippen LogP contribution in [0.15, 0.2) is 18.5 Å². The molecule has 2 fully saturated rings. The molecule has 0 N–H and O–H groups in total. The average molecular weight is 327 g/mol. The maximum Gasteiger partial charge on any atom is 0.225 e. The van der Waals surface area contributed by atoms with E-state index in [1.54, 1.807) is 17.3 Å². The first kappa shape index (κ1) is 17.0. The van der Waals surface area contributed by atoms with Crippen molar-refractivity contribution in [3.05, 3.63) is 18.5 Å². The van der Waals surface area contributed by atoms with Crippen LogP contribution in [0.5, 0.6) is 0 Å². The van der Waals surface area contributed by atoms with E-state index in [0.717, 1.165) is 31.8 Å². The van der Waals surface area contributed by atoms with E-state index in [0.29, 0.717) is 6.61 Å².